The molecule has 4 rings (SSSR count). The Kier molecular flexibility index (Phi) is 3.57. The van der Waals surface area contributed by atoms with Gasteiger partial charge in [0.25, 0.3) is 5.91 Å². The SMILES string of the molecule is O=C(NC1CCCCC1)c1cc(-n2cncn2)cc2cc[nH]c12. The third-order valence-electron chi connectivity index (χ3n) is 4.51. The van der Waals surface area contributed by atoms with Crippen LogP contribution in [0.15, 0.2) is 37.1 Å². The topological polar surface area (TPSA) is 75.6 Å². The molecule has 118 valence electrons. The molecule has 0 saturated heterocycles. The van der Waals surface area contributed by atoms with Crippen LogP contribution in [0.5, 0.6) is 0 Å². The highest BCUT2D eigenvalue weighted by Gasteiger charge is 2.19. The zero-order valence-electron chi connectivity index (χ0n) is 12.8. The number of hydrogen-bond donors (Lipinski definition) is 2. The summed E-state index contributed by atoms with van der Waals surface area (Å²) in [6.45, 7) is 0. The van der Waals surface area contributed by atoms with Gasteiger partial charge in [-0.25, -0.2) is 9.67 Å². The Morgan fingerprint density at radius 2 is 2.13 bits per heavy atom. The first-order valence-corrected chi connectivity index (χ1v) is 8.08. The summed E-state index contributed by atoms with van der Waals surface area (Å²) in [7, 11) is 0. The summed E-state index contributed by atoms with van der Waals surface area (Å²) in [5.41, 5.74) is 2.36. The van der Waals surface area contributed by atoms with E-state index in [0.717, 1.165) is 29.4 Å². The largest absolute Gasteiger partial charge is 0.361 e. The third-order valence-corrected chi connectivity index (χ3v) is 4.51. The Bertz CT molecular complexity index is 815. The van der Waals surface area contributed by atoms with Crippen LogP contribution >= 0.6 is 0 Å². The van der Waals surface area contributed by atoms with Crippen molar-refractivity contribution < 1.29 is 4.79 Å². The summed E-state index contributed by atoms with van der Waals surface area (Å²) in [6.07, 6.45) is 10.8. The molecule has 2 aromatic heterocycles. The number of nitrogens with zero attached hydrogens (tertiary/aromatic N) is 3. The zero-order valence-corrected chi connectivity index (χ0v) is 12.8. The number of aromatic amines is 1. The van der Waals surface area contributed by atoms with Crippen molar-refractivity contribution in [3.8, 4) is 5.69 Å². The van der Waals surface area contributed by atoms with E-state index in [1.165, 1.54) is 25.6 Å². The second kappa shape index (κ2) is 5.87. The number of fused-ring (bicyclic) bond motifs is 1. The number of benzene rings is 1. The molecule has 0 aliphatic heterocycles. The van der Waals surface area contributed by atoms with Crippen LogP contribution in [-0.2, 0) is 0 Å². The maximum absolute atomic E-state index is 12.8. The fourth-order valence-corrected chi connectivity index (χ4v) is 3.32. The molecule has 6 heteroatoms. The fraction of sp³-hybridized carbons (Fsp3) is 0.353. The van der Waals surface area contributed by atoms with Crippen molar-refractivity contribution in [1.29, 1.82) is 0 Å². The second-order valence-electron chi connectivity index (χ2n) is 6.08. The third kappa shape index (κ3) is 2.72. The minimum absolute atomic E-state index is 0.0219. The highest BCUT2D eigenvalue weighted by Crippen LogP contribution is 2.23. The highest BCUT2D eigenvalue weighted by atomic mass is 16.1. The molecule has 1 fully saturated rings. The van der Waals surface area contributed by atoms with Crippen molar-refractivity contribution in [1.82, 2.24) is 25.1 Å². The standard InChI is InChI=1S/C17H19N5O/c23-17(21-13-4-2-1-3-5-13)15-9-14(22-11-18-10-20-22)8-12-6-7-19-16(12)15/h6-11,13,19H,1-5H2,(H,21,23). The summed E-state index contributed by atoms with van der Waals surface area (Å²) in [6, 6.07) is 6.12. The molecule has 2 N–H and O–H groups in total. The maximum Gasteiger partial charge on any atom is 0.253 e. The minimum Gasteiger partial charge on any atom is -0.361 e. The Labute approximate surface area is 133 Å². The predicted molar refractivity (Wildman–Crippen MR) is 87.6 cm³/mol. The Morgan fingerprint density at radius 1 is 1.26 bits per heavy atom. The van der Waals surface area contributed by atoms with Crippen molar-refractivity contribution in [3.05, 3.63) is 42.6 Å². The first kappa shape index (κ1) is 14.0. The molecule has 6 nitrogen and oxygen atoms in total. The first-order valence-electron chi connectivity index (χ1n) is 8.08. The van der Waals surface area contributed by atoms with Gasteiger partial charge in [-0.2, -0.15) is 5.10 Å². The maximum atomic E-state index is 12.8. The quantitative estimate of drug-likeness (QED) is 0.781. The molecule has 0 unspecified atom stereocenters. The van der Waals surface area contributed by atoms with E-state index >= 15 is 0 Å². The first-order chi connectivity index (χ1) is 11.3. The van der Waals surface area contributed by atoms with Crippen LogP contribution in [-0.4, -0.2) is 31.7 Å². The summed E-state index contributed by atoms with van der Waals surface area (Å²) < 4.78 is 1.67. The average molecular weight is 309 g/mol. The van der Waals surface area contributed by atoms with E-state index in [1.54, 1.807) is 11.0 Å². The molecular weight excluding hydrogens is 290 g/mol. The van der Waals surface area contributed by atoms with Gasteiger partial charge in [-0.15, -0.1) is 0 Å². The van der Waals surface area contributed by atoms with Gasteiger partial charge in [-0.1, -0.05) is 19.3 Å². The number of rotatable bonds is 3. The van der Waals surface area contributed by atoms with Crippen molar-refractivity contribution in [3.63, 3.8) is 0 Å². The van der Waals surface area contributed by atoms with Crippen LogP contribution in [0.4, 0.5) is 0 Å². The van der Waals surface area contributed by atoms with Gasteiger partial charge in [0.05, 0.1) is 16.8 Å². The molecule has 1 amide bonds. The van der Waals surface area contributed by atoms with Gasteiger partial charge in [0.15, 0.2) is 0 Å². The van der Waals surface area contributed by atoms with Gasteiger partial charge in [0.1, 0.15) is 12.7 Å². The number of carbonyl (C=O) groups is 1. The summed E-state index contributed by atoms with van der Waals surface area (Å²) in [5, 5.41) is 8.34. The smallest absolute Gasteiger partial charge is 0.253 e. The van der Waals surface area contributed by atoms with Crippen molar-refractivity contribution in [2.45, 2.75) is 38.1 Å². The van der Waals surface area contributed by atoms with E-state index in [0.29, 0.717) is 5.56 Å². The van der Waals surface area contributed by atoms with Crippen LogP contribution in [0.25, 0.3) is 16.6 Å². The van der Waals surface area contributed by atoms with E-state index in [9.17, 15) is 4.79 Å². The molecule has 1 aliphatic carbocycles. The molecule has 0 atom stereocenters. The van der Waals surface area contributed by atoms with E-state index < -0.39 is 0 Å². The second-order valence-corrected chi connectivity index (χ2v) is 6.08. The fourth-order valence-electron chi connectivity index (χ4n) is 3.32. The van der Waals surface area contributed by atoms with Crippen molar-refractivity contribution >= 4 is 16.8 Å². The zero-order chi connectivity index (χ0) is 15.6. The van der Waals surface area contributed by atoms with E-state index in [2.05, 4.69) is 20.4 Å². The summed E-state index contributed by atoms with van der Waals surface area (Å²) >= 11 is 0. The Hall–Kier alpha value is -2.63. The molecule has 1 aromatic carbocycles. The molecule has 1 saturated carbocycles. The van der Waals surface area contributed by atoms with Crippen LogP contribution in [0, 0.1) is 0 Å². The predicted octanol–water partition coefficient (Wildman–Crippen LogP) is 2.81. The average Bonchev–Trinajstić information content (AvgIpc) is 3.26. The van der Waals surface area contributed by atoms with Gasteiger partial charge in [-0.05, 0) is 31.0 Å². The van der Waals surface area contributed by atoms with Crippen LogP contribution < -0.4 is 5.32 Å². The van der Waals surface area contributed by atoms with E-state index in [4.69, 9.17) is 0 Å². The van der Waals surface area contributed by atoms with E-state index in [-0.39, 0.29) is 11.9 Å². The lowest BCUT2D eigenvalue weighted by Gasteiger charge is -2.23. The number of hydrogen-bond acceptors (Lipinski definition) is 3. The van der Waals surface area contributed by atoms with Gasteiger partial charge < -0.3 is 10.3 Å². The number of H-pyrrole nitrogens is 1. The van der Waals surface area contributed by atoms with Crippen LogP contribution in [0.2, 0.25) is 0 Å². The lowest BCUT2D eigenvalue weighted by Crippen LogP contribution is -2.36. The van der Waals surface area contributed by atoms with Gasteiger partial charge in [0.2, 0.25) is 0 Å². The normalized spacial score (nSPS) is 15.8. The molecule has 0 radical (unpaired) electrons. The Morgan fingerprint density at radius 3 is 2.91 bits per heavy atom. The van der Waals surface area contributed by atoms with Gasteiger partial charge in [0, 0.05) is 17.6 Å². The van der Waals surface area contributed by atoms with E-state index in [1.807, 2.05) is 24.4 Å². The number of carbonyl (C=O) groups excluding carboxylic acids is 1. The molecule has 1 aliphatic rings. The van der Waals surface area contributed by atoms with Crippen LogP contribution in [0.3, 0.4) is 0 Å². The minimum atomic E-state index is -0.0219. The summed E-state index contributed by atoms with van der Waals surface area (Å²) in [4.78, 5) is 19.9. The Balaban J connectivity index is 1.69. The number of aromatic nitrogens is 4. The molecule has 0 spiro atoms. The van der Waals surface area contributed by atoms with Gasteiger partial charge in [-0.3, -0.25) is 4.79 Å². The number of amides is 1. The van der Waals surface area contributed by atoms with Crippen LogP contribution in [0.1, 0.15) is 42.5 Å². The highest BCUT2D eigenvalue weighted by molar-refractivity contribution is 6.06. The molecule has 2 heterocycles. The monoisotopic (exact) mass is 309 g/mol. The molecule has 3 aromatic rings. The van der Waals surface area contributed by atoms with Gasteiger partial charge >= 0.3 is 0 Å². The van der Waals surface area contributed by atoms with Crippen molar-refractivity contribution in [2.75, 3.05) is 0 Å². The number of nitrogens with one attached hydrogen (secondary N) is 2. The molecule has 0 bridgehead atoms. The summed E-state index contributed by atoms with van der Waals surface area (Å²) in [5.74, 6) is -0.0219. The molecule has 23 heavy (non-hydrogen) atoms. The molecular formula is C17H19N5O. The van der Waals surface area contributed by atoms with Crippen molar-refractivity contribution in [2.24, 2.45) is 0 Å². The lowest BCUT2D eigenvalue weighted by molar-refractivity contribution is 0.0929. The lowest BCUT2D eigenvalue weighted by atomic mass is 9.95.